The number of carbonyl (C=O) groups is 1. The molecule has 0 atom stereocenters. The van der Waals surface area contributed by atoms with Crippen LogP contribution in [0.4, 0.5) is 4.39 Å². The standard InChI is InChI=1S/C21H20FNO2S/c1-4-25-21(24)17(12-23)10-16-11-18(15(3)9-14(16)2)13-26-20-7-5-19(22)6-8-20/h5-11H,4,13H2,1-3H3/b17-10+. The molecule has 26 heavy (non-hydrogen) atoms. The first-order valence-corrected chi connectivity index (χ1v) is 9.20. The second-order valence-electron chi connectivity index (χ2n) is 5.77. The SMILES string of the molecule is CCOC(=O)/C(C#N)=C/c1cc(CSc2ccc(F)cc2)c(C)cc1C. The van der Waals surface area contributed by atoms with E-state index >= 15 is 0 Å². The predicted octanol–water partition coefficient (Wildman–Crippen LogP) is 5.20. The average molecular weight is 369 g/mol. The smallest absolute Gasteiger partial charge is 0.348 e. The van der Waals surface area contributed by atoms with Gasteiger partial charge in [0.15, 0.2) is 0 Å². The summed E-state index contributed by atoms with van der Waals surface area (Å²) in [6.45, 7) is 5.90. The van der Waals surface area contributed by atoms with Gasteiger partial charge in [-0.1, -0.05) is 12.1 Å². The molecule has 0 amide bonds. The molecule has 0 fully saturated rings. The van der Waals surface area contributed by atoms with Gasteiger partial charge in [-0.05, 0) is 73.4 Å². The molecule has 2 rings (SSSR count). The fraction of sp³-hybridized carbons (Fsp3) is 0.238. The normalized spacial score (nSPS) is 11.1. The van der Waals surface area contributed by atoms with Gasteiger partial charge in [0, 0.05) is 10.6 Å². The van der Waals surface area contributed by atoms with Crippen molar-refractivity contribution in [2.45, 2.75) is 31.4 Å². The minimum absolute atomic E-state index is 0.0176. The Kier molecular flexibility index (Phi) is 6.99. The van der Waals surface area contributed by atoms with Gasteiger partial charge in [0.25, 0.3) is 0 Å². The van der Waals surface area contributed by atoms with Crippen molar-refractivity contribution in [1.82, 2.24) is 0 Å². The van der Waals surface area contributed by atoms with E-state index in [2.05, 4.69) is 0 Å². The van der Waals surface area contributed by atoms with Crippen LogP contribution in [0.2, 0.25) is 0 Å². The first-order valence-electron chi connectivity index (χ1n) is 8.22. The summed E-state index contributed by atoms with van der Waals surface area (Å²) in [7, 11) is 0. The number of halogens is 1. The maximum Gasteiger partial charge on any atom is 0.348 e. The zero-order valence-corrected chi connectivity index (χ0v) is 15.8. The molecule has 0 saturated heterocycles. The molecule has 0 spiro atoms. The van der Waals surface area contributed by atoms with E-state index in [1.54, 1.807) is 36.9 Å². The van der Waals surface area contributed by atoms with Gasteiger partial charge in [0.2, 0.25) is 0 Å². The zero-order valence-electron chi connectivity index (χ0n) is 15.0. The maximum atomic E-state index is 13.0. The highest BCUT2D eigenvalue weighted by Crippen LogP contribution is 2.27. The van der Waals surface area contributed by atoms with Gasteiger partial charge >= 0.3 is 5.97 Å². The summed E-state index contributed by atoms with van der Waals surface area (Å²) in [5, 5.41) is 9.22. The van der Waals surface area contributed by atoms with Crippen molar-refractivity contribution in [3.05, 3.63) is 70.0 Å². The number of thioether (sulfide) groups is 1. The zero-order chi connectivity index (χ0) is 19.1. The topological polar surface area (TPSA) is 50.1 Å². The van der Waals surface area contributed by atoms with E-state index in [9.17, 15) is 14.4 Å². The molecular formula is C21H20FNO2S. The van der Waals surface area contributed by atoms with Crippen LogP contribution in [-0.2, 0) is 15.3 Å². The summed E-state index contributed by atoms with van der Waals surface area (Å²) in [5.74, 6) is -0.159. The second-order valence-corrected chi connectivity index (χ2v) is 6.82. The number of aryl methyl sites for hydroxylation is 2. The molecule has 0 bridgehead atoms. The molecule has 0 aliphatic heterocycles. The van der Waals surface area contributed by atoms with Gasteiger partial charge in [-0.15, -0.1) is 11.8 Å². The van der Waals surface area contributed by atoms with Crippen molar-refractivity contribution in [3.8, 4) is 6.07 Å². The Bertz CT molecular complexity index is 867. The predicted molar refractivity (Wildman–Crippen MR) is 102 cm³/mol. The van der Waals surface area contributed by atoms with Crippen molar-refractivity contribution >= 4 is 23.8 Å². The molecule has 0 radical (unpaired) electrons. The molecule has 0 saturated carbocycles. The Morgan fingerprint density at radius 3 is 2.54 bits per heavy atom. The first kappa shape index (κ1) is 19.7. The van der Waals surface area contributed by atoms with Crippen LogP contribution >= 0.6 is 11.8 Å². The molecule has 0 aliphatic carbocycles. The minimum atomic E-state index is -0.614. The lowest BCUT2D eigenvalue weighted by Gasteiger charge is -2.11. The van der Waals surface area contributed by atoms with Gasteiger partial charge in [0.1, 0.15) is 17.5 Å². The summed E-state index contributed by atoms with van der Waals surface area (Å²) in [6, 6.07) is 12.3. The third kappa shape index (κ3) is 5.21. The first-order chi connectivity index (χ1) is 12.4. The number of rotatable bonds is 6. The number of nitrogens with zero attached hydrogens (tertiary/aromatic N) is 1. The van der Waals surface area contributed by atoms with Gasteiger partial charge in [-0.3, -0.25) is 0 Å². The number of esters is 1. The highest BCUT2D eigenvalue weighted by molar-refractivity contribution is 7.98. The summed E-state index contributed by atoms with van der Waals surface area (Å²) < 4.78 is 17.9. The number of hydrogen-bond acceptors (Lipinski definition) is 4. The number of ether oxygens (including phenoxy) is 1. The molecular weight excluding hydrogens is 349 g/mol. The van der Waals surface area contributed by atoms with E-state index in [0.29, 0.717) is 5.75 Å². The largest absolute Gasteiger partial charge is 0.462 e. The molecule has 2 aromatic rings. The number of nitriles is 1. The lowest BCUT2D eigenvalue weighted by atomic mass is 9.99. The van der Waals surface area contributed by atoms with Crippen molar-refractivity contribution in [2.75, 3.05) is 6.61 Å². The molecule has 2 aromatic carbocycles. The van der Waals surface area contributed by atoms with E-state index < -0.39 is 5.97 Å². The van der Waals surface area contributed by atoms with Gasteiger partial charge < -0.3 is 4.74 Å². The van der Waals surface area contributed by atoms with Crippen molar-refractivity contribution in [1.29, 1.82) is 5.26 Å². The van der Waals surface area contributed by atoms with Gasteiger partial charge in [-0.2, -0.15) is 5.26 Å². The number of hydrogen-bond donors (Lipinski definition) is 0. The summed E-state index contributed by atoms with van der Waals surface area (Å²) in [5.41, 5.74) is 4.00. The molecule has 0 unspecified atom stereocenters. The Hall–Kier alpha value is -2.58. The molecule has 3 nitrogen and oxygen atoms in total. The van der Waals surface area contributed by atoms with E-state index in [4.69, 9.17) is 4.74 Å². The van der Waals surface area contributed by atoms with Crippen LogP contribution in [0.15, 0.2) is 46.9 Å². The number of carbonyl (C=O) groups excluding carboxylic acids is 1. The van der Waals surface area contributed by atoms with E-state index in [1.807, 2.05) is 32.0 Å². The highest BCUT2D eigenvalue weighted by Gasteiger charge is 2.12. The Labute approximate surface area is 157 Å². The van der Waals surface area contributed by atoms with E-state index in [1.165, 1.54) is 12.1 Å². The van der Waals surface area contributed by atoms with Crippen LogP contribution in [0.5, 0.6) is 0 Å². The third-order valence-electron chi connectivity index (χ3n) is 3.85. The van der Waals surface area contributed by atoms with E-state index in [0.717, 1.165) is 27.1 Å². The minimum Gasteiger partial charge on any atom is -0.462 e. The fourth-order valence-electron chi connectivity index (χ4n) is 2.42. The maximum absolute atomic E-state index is 13.0. The van der Waals surface area contributed by atoms with Crippen molar-refractivity contribution < 1.29 is 13.9 Å². The van der Waals surface area contributed by atoms with Gasteiger partial charge in [0.05, 0.1) is 6.61 Å². The van der Waals surface area contributed by atoms with Crippen LogP contribution in [0.1, 0.15) is 29.2 Å². The van der Waals surface area contributed by atoms with Crippen molar-refractivity contribution in [3.63, 3.8) is 0 Å². The molecule has 5 heteroatoms. The fourth-order valence-corrected chi connectivity index (χ4v) is 3.38. The molecule has 0 aromatic heterocycles. The lowest BCUT2D eigenvalue weighted by Crippen LogP contribution is -2.06. The van der Waals surface area contributed by atoms with Crippen LogP contribution < -0.4 is 0 Å². The molecule has 0 N–H and O–H groups in total. The third-order valence-corrected chi connectivity index (χ3v) is 4.91. The van der Waals surface area contributed by atoms with E-state index in [-0.39, 0.29) is 18.0 Å². The Morgan fingerprint density at radius 2 is 1.92 bits per heavy atom. The monoisotopic (exact) mass is 369 g/mol. The summed E-state index contributed by atoms with van der Waals surface area (Å²) in [4.78, 5) is 12.8. The molecule has 0 heterocycles. The second kappa shape index (κ2) is 9.21. The quantitative estimate of drug-likeness (QED) is 0.304. The highest BCUT2D eigenvalue weighted by atomic mass is 32.2. The summed E-state index contributed by atoms with van der Waals surface area (Å²) in [6.07, 6.45) is 1.57. The average Bonchev–Trinajstić information content (AvgIpc) is 2.61. The lowest BCUT2D eigenvalue weighted by molar-refractivity contribution is -0.137. The van der Waals surface area contributed by atoms with Crippen LogP contribution in [0, 0.1) is 31.0 Å². The van der Waals surface area contributed by atoms with Crippen LogP contribution in [0.3, 0.4) is 0 Å². The summed E-state index contributed by atoms with van der Waals surface area (Å²) >= 11 is 1.61. The van der Waals surface area contributed by atoms with Crippen LogP contribution in [-0.4, -0.2) is 12.6 Å². The molecule has 134 valence electrons. The van der Waals surface area contributed by atoms with Crippen LogP contribution in [0.25, 0.3) is 6.08 Å². The van der Waals surface area contributed by atoms with Gasteiger partial charge in [-0.25, -0.2) is 9.18 Å². The molecule has 0 aliphatic rings. The Morgan fingerprint density at radius 1 is 1.23 bits per heavy atom. The van der Waals surface area contributed by atoms with Crippen molar-refractivity contribution in [2.24, 2.45) is 0 Å². The Balaban J connectivity index is 2.26. The number of benzene rings is 2.